The Kier molecular flexibility index (Phi) is 3.99. The molecule has 0 bridgehead atoms. The molecule has 4 nitrogen and oxygen atoms in total. The van der Waals surface area contributed by atoms with Gasteiger partial charge in [-0.25, -0.2) is 4.98 Å². The van der Waals surface area contributed by atoms with Crippen LogP contribution in [-0.2, 0) is 6.54 Å². The molecule has 0 saturated carbocycles. The fourth-order valence-electron chi connectivity index (χ4n) is 1.88. The molecule has 0 amide bonds. The van der Waals surface area contributed by atoms with Gasteiger partial charge in [0.15, 0.2) is 0 Å². The predicted octanol–water partition coefficient (Wildman–Crippen LogP) is 2.29. The zero-order valence-electron chi connectivity index (χ0n) is 10.8. The molecule has 1 heterocycles. The number of aromatic nitrogens is 2. The lowest BCUT2D eigenvalue weighted by Gasteiger charge is -2.14. The van der Waals surface area contributed by atoms with Gasteiger partial charge in [0.2, 0.25) is 0 Å². The van der Waals surface area contributed by atoms with Crippen molar-refractivity contribution in [3.05, 3.63) is 48.0 Å². The second-order valence-corrected chi connectivity index (χ2v) is 4.34. The molecule has 2 N–H and O–H groups in total. The molecule has 0 unspecified atom stereocenters. The van der Waals surface area contributed by atoms with Crippen molar-refractivity contribution in [2.24, 2.45) is 5.73 Å². The summed E-state index contributed by atoms with van der Waals surface area (Å²) >= 11 is 0. The van der Waals surface area contributed by atoms with E-state index < -0.39 is 0 Å². The van der Waals surface area contributed by atoms with Crippen molar-refractivity contribution >= 4 is 0 Å². The molecule has 18 heavy (non-hydrogen) atoms. The molecule has 4 heteroatoms. The topological polar surface area (TPSA) is 53.1 Å². The Morgan fingerprint density at radius 2 is 2.17 bits per heavy atom. The van der Waals surface area contributed by atoms with E-state index in [9.17, 15) is 0 Å². The van der Waals surface area contributed by atoms with Crippen LogP contribution in [0.5, 0.6) is 5.75 Å². The van der Waals surface area contributed by atoms with E-state index >= 15 is 0 Å². The number of benzene rings is 1. The molecule has 0 saturated heterocycles. The lowest BCUT2D eigenvalue weighted by atomic mass is 10.1. The first-order chi connectivity index (χ1) is 8.68. The van der Waals surface area contributed by atoms with Crippen molar-refractivity contribution in [3.8, 4) is 5.75 Å². The van der Waals surface area contributed by atoms with E-state index in [4.69, 9.17) is 10.5 Å². The van der Waals surface area contributed by atoms with Gasteiger partial charge in [0.1, 0.15) is 18.2 Å². The Morgan fingerprint density at radius 3 is 2.83 bits per heavy atom. The molecule has 96 valence electrons. The highest BCUT2D eigenvalue weighted by Gasteiger charge is 2.07. The third-order valence-electron chi connectivity index (χ3n) is 2.92. The highest BCUT2D eigenvalue weighted by Crippen LogP contribution is 2.23. The number of aryl methyl sites for hydroxylation is 1. The van der Waals surface area contributed by atoms with Crippen molar-refractivity contribution in [2.45, 2.75) is 26.4 Å². The summed E-state index contributed by atoms with van der Waals surface area (Å²) < 4.78 is 7.86. The van der Waals surface area contributed by atoms with Crippen molar-refractivity contribution < 1.29 is 4.74 Å². The van der Waals surface area contributed by atoms with E-state index in [0.29, 0.717) is 6.61 Å². The van der Waals surface area contributed by atoms with Crippen molar-refractivity contribution in [1.29, 1.82) is 0 Å². The van der Waals surface area contributed by atoms with Gasteiger partial charge in [-0.05, 0) is 19.9 Å². The van der Waals surface area contributed by atoms with Gasteiger partial charge in [-0.2, -0.15) is 0 Å². The summed E-state index contributed by atoms with van der Waals surface area (Å²) in [5.41, 5.74) is 6.95. The molecule has 0 fully saturated rings. The number of hydrogen-bond acceptors (Lipinski definition) is 3. The number of hydrogen-bond donors (Lipinski definition) is 1. The summed E-state index contributed by atoms with van der Waals surface area (Å²) in [6.45, 7) is 5.35. The van der Waals surface area contributed by atoms with E-state index in [1.165, 1.54) is 0 Å². The van der Waals surface area contributed by atoms with Crippen LogP contribution >= 0.6 is 0 Å². The minimum Gasteiger partial charge on any atom is -0.491 e. The van der Waals surface area contributed by atoms with Crippen LogP contribution in [-0.4, -0.2) is 16.2 Å². The number of para-hydroxylation sites is 1. The molecular weight excluding hydrogens is 226 g/mol. The lowest BCUT2D eigenvalue weighted by molar-refractivity contribution is 0.293. The Labute approximate surface area is 107 Å². The second-order valence-electron chi connectivity index (χ2n) is 4.34. The van der Waals surface area contributed by atoms with Crippen LogP contribution in [0.1, 0.15) is 24.4 Å². The van der Waals surface area contributed by atoms with Crippen LogP contribution in [0, 0.1) is 6.92 Å². The molecule has 0 spiro atoms. The smallest absolute Gasteiger partial charge is 0.124 e. The average Bonchev–Trinajstić information content (AvgIpc) is 2.76. The molecule has 0 aliphatic rings. The first-order valence-electron chi connectivity index (χ1n) is 6.13. The first kappa shape index (κ1) is 12.6. The molecular formula is C14H19N3O. The van der Waals surface area contributed by atoms with Gasteiger partial charge >= 0.3 is 0 Å². The Hall–Kier alpha value is -1.81. The largest absolute Gasteiger partial charge is 0.491 e. The maximum Gasteiger partial charge on any atom is 0.124 e. The standard InChI is InChI=1S/C14H19N3O/c1-11(15)13-5-3-4-6-14(13)18-10-9-17-8-7-16-12(17)2/h3-8,11H,9-10,15H2,1-2H3/t11-/m1/s1. The summed E-state index contributed by atoms with van der Waals surface area (Å²) in [5.74, 6) is 1.87. The average molecular weight is 245 g/mol. The van der Waals surface area contributed by atoms with Crippen molar-refractivity contribution in [1.82, 2.24) is 9.55 Å². The maximum absolute atomic E-state index is 5.91. The second kappa shape index (κ2) is 5.69. The Morgan fingerprint density at radius 1 is 1.39 bits per heavy atom. The van der Waals surface area contributed by atoms with E-state index in [0.717, 1.165) is 23.7 Å². The van der Waals surface area contributed by atoms with Crippen LogP contribution in [0.3, 0.4) is 0 Å². The van der Waals surface area contributed by atoms with E-state index in [-0.39, 0.29) is 6.04 Å². The fourth-order valence-corrected chi connectivity index (χ4v) is 1.88. The van der Waals surface area contributed by atoms with Crippen LogP contribution in [0.25, 0.3) is 0 Å². The van der Waals surface area contributed by atoms with Gasteiger partial charge < -0.3 is 15.0 Å². The van der Waals surface area contributed by atoms with E-state index in [1.807, 2.05) is 44.3 Å². The lowest BCUT2D eigenvalue weighted by Crippen LogP contribution is -2.12. The molecule has 1 aromatic heterocycles. The SMILES string of the molecule is Cc1nccn1CCOc1ccccc1[C@@H](C)N. The zero-order valence-corrected chi connectivity index (χ0v) is 10.8. The van der Waals surface area contributed by atoms with E-state index in [2.05, 4.69) is 9.55 Å². The minimum absolute atomic E-state index is 0.0174. The van der Waals surface area contributed by atoms with Crippen LogP contribution in [0.2, 0.25) is 0 Å². The summed E-state index contributed by atoms with van der Waals surface area (Å²) in [6.07, 6.45) is 3.75. The van der Waals surface area contributed by atoms with Gasteiger partial charge in [-0.1, -0.05) is 18.2 Å². The molecule has 0 aliphatic heterocycles. The van der Waals surface area contributed by atoms with Gasteiger partial charge in [0.05, 0.1) is 6.54 Å². The summed E-state index contributed by atoms with van der Waals surface area (Å²) in [4.78, 5) is 4.18. The van der Waals surface area contributed by atoms with Gasteiger partial charge in [0.25, 0.3) is 0 Å². The van der Waals surface area contributed by atoms with Crippen LogP contribution < -0.4 is 10.5 Å². The van der Waals surface area contributed by atoms with Crippen molar-refractivity contribution in [3.63, 3.8) is 0 Å². The fraction of sp³-hybridized carbons (Fsp3) is 0.357. The van der Waals surface area contributed by atoms with Crippen LogP contribution in [0.15, 0.2) is 36.7 Å². The van der Waals surface area contributed by atoms with Gasteiger partial charge in [-0.15, -0.1) is 0 Å². The third kappa shape index (κ3) is 2.90. The Balaban J connectivity index is 1.96. The molecule has 2 rings (SSSR count). The highest BCUT2D eigenvalue weighted by molar-refractivity contribution is 5.35. The molecule has 2 aromatic rings. The number of nitrogens with zero attached hydrogens (tertiary/aromatic N) is 2. The van der Waals surface area contributed by atoms with Crippen molar-refractivity contribution in [2.75, 3.05) is 6.61 Å². The number of nitrogens with two attached hydrogens (primary N) is 1. The predicted molar refractivity (Wildman–Crippen MR) is 71.5 cm³/mol. The van der Waals surface area contributed by atoms with E-state index in [1.54, 1.807) is 6.20 Å². The number of ether oxygens (including phenoxy) is 1. The minimum atomic E-state index is -0.0174. The molecule has 0 radical (unpaired) electrons. The van der Waals surface area contributed by atoms with Crippen LogP contribution in [0.4, 0.5) is 0 Å². The summed E-state index contributed by atoms with van der Waals surface area (Å²) in [6, 6.07) is 7.88. The number of imidazole rings is 1. The molecule has 1 aromatic carbocycles. The molecule has 1 atom stereocenters. The third-order valence-corrected chi connectivity index (χ3v) is 2.92. The summed E-state index contributed by atoms with van der Waals surface area (Å²) in [5, 5.41) is 0. The monoisotopic (exact) mass is 245 g/mol. The Bertz CT molecular complexity index is 505. The highest BCUT2D eigenvalue weighted by atomic mass is 16.5. The first-order valence-corrected chi connectivity index (χ1v) is 6.13. The number of rotatable bonds is 5. The zero-order chi connectivity index (χ0) is 13.0. The molecule has 0 aliphatic carbocycles. The summed E-state index contributed by atoms with van der Waals surface area (Å²) in [7, 11) is 0. The van der Waals surface area contributed by atoms with Gasteiger partial charge in [-0.3, -0.25) is 0 Å². The normalized spacial score (nSPS) is 12.4. The maximum atomic E-state index is 5.91. The quantitative estimate of drug-likeness (QED) is 0.879. The van der Waals surface area contributed by atoms with Gasteiger partial charge in [0, 0.05) is 24.0 Å².